The molecule has 114 valence electrons. The third kappa shape index (κ3) is 3.67. The van der Waals surface area contributed by atoms with Crippen molar-refractivity contribution in [2.24, 2.45) is 0 Å². The molecule has 0 aliphatic heterocycles. The molecule has 0 N–H and O–H groups in total. The van der Waals surface area contributed by atoms with Crippen molar-refractivity contribution in [1.29, 1.82) is 0 Å². The molecule has 0 aromatic heterocycles. The normalized spacial score (nSPS) is 10.3. The van der Waals surface area contributed by atoms with E-state index < -0.39 is 0 Å². The molecule has 1 amide bonds. The Morgan fingerprint density at radius 1 is 0.783 bits per heavy atom. The van der Waals surface area contributed by atoms with Crippen LogP contribution in [-0.2, 0) is 6.54 Å². The zero-order valence-corrected chi connectivity index (χ0v) is 13.1. The number of benzene rings is 3. The van der Waals surface area contributed by atoms with Crippen LogP contribution in [-0.4, -0.2) is 5.91 Å². The summed E-state index contributed by atoms with van der Waals surface area (Å²) in [7, 11) is 0. The van der Waals surface area contributed by atoms with Crippen LogP contribution in [0, 0.1) is 6.92 Å². The summed E-state index contributed by atoms with van der Waals surface area (Å²) >= 11 is 0. The lowest BCUT2D eigenvalue weighted by Gasteiger charge is -2.23. The lowest BCUT2D eigenvalue weighted by atomic mass is 10.1. The van der Waals surface area contributed by atoms with Gasteiger partial charge >= 0.3 is 0 Å². The Hall–Kier alpha value is -2.87. The Bertz CT molecular complexity index is 764. The van der Waals surface area contributed by atoms with Crippen LogP contribution in [0.2, 0.25) is 0 Å². The van der Waals surface area contributed by atoms with E-state index in [2.05, 4.69) is 0 Å². The summed E-state index contributed by atoms with van der Waals surface area (Å²) in [4.78, 5) is 14.8. The summed E-state index contributed by atoms with van der Waals surface area (Å²) in [6.45, 7) is 2.57. The molecule has 0 bridgehead atoms. The smallest absolute Gasteiger partial charge is 0.258 e. The molecule has 0 aliphatic rings. The van der Waals surface area contributed by atoms with E-state index in [4.69, 9.17) is 0 Å². The van der Waals surface area contributed by atoms with Gasteiger partial charge in [-0.05, 0) is 36.8 Å². The predicted octanol–water partition coefficient (Wildman–Crippen LogP) is 4.84. The highest BCUT2D eigenvalue weighted by molar-refractivity contribution is 6.06. The van der Waals surface area contributed by atoms with Crippen molar-refractivity contribution in [2.75, 3.05) is 4.90 Å². The molecule has 0 fully saturated rings. The number of carbonyl (C=O) groups is 1. The maximum atomic E-state index is 13.0. The van der Waals surface area contributed by atoms with Crippen molar-refractivity contribution in [3.8, 4) is 0 Å². The van der Waals surface area contributed by atoms with E-state index in [1.807, 2.05) is 96.8 Å². The number of para-hydroxylation sites is 1. The standard InChI is InChI=1S/C21H19NO/c1-17-12-14-19(15-13-17)21(23)22(20-10-6-3-7-11-20)16-18-8-4-2-5-9-18/h2-15H,16H2,1H3. The summed E-state index contributed by atoms with van der Waals surface area (Å²) < 4.78 is 0. The van der Waals surface area contributed by atoms with E-state index in [0.29, 0.717) is 12.1 Å². The number of aryl methyl sites for hydroxylation is 1. The van der Waals surface area contributed by atoms with Gasteiger partial charge in [-0.1, -0.05) is 66.2 Å². The topological polar surface area (TPSA) is 20.3 Å². The average Bonchev–Trinajstić information content (AvgIpc) is 2.61. The lowest BCUT2D eigenvalue weighted by molar-refractivity contribution is 0.0985. The molecule has 3 aromatic rings. The highest BCUT2D eigenvalue weighted by Gasteiger charge is 2.17. The molecule has 3 aromatic carbocycles. The van der Waals surface area contributed by atoms with Crippen molar-refractivity contribution in [2.45, 2.75) is 13.5 Å². The number of anilines is 1. The summed E-state index contributed by atoms with van der Waals surface area (Å²) in [5.74, 6) is 0.0139. The minimum atomic E-state index is 0.0139. The molecule has 0 atom stereocenters. The Balaban J connectivity index is 1.94. The molecule has 0 aliphatic carbocycles. The Kier molecular flexibility index (Phi) is 4.53. The molecule has 0 heterocycles. The van der Waals surface area contributed by atoms with Crippen molar-refractivity contribution >= 4 is 11.6 Å². The molecule has 2 heteroatoms. The van der Waals surface area contributed by atoms with E-state index in [1.54, 1.807) is 0 Å². The van der Waals surface area contributed by atoms with Crippen molar-refractivity contribution in [1.82, 2.24) is 0 Å². The van der Waals surface area contributed by atoms with Crippen LogP contribution in [0.4, 0.5) is 5.69 Å². The second-order valence-corrected chi connectivity index (χ2v) is 5.58. The van der Waals surface area contributed by atoms with Gasteiger partial charge in [-0.25, -0.2) is 0 Å². The molecular weight excluding hydrogens is 282 g/mol. The SMILES string of the molecule is Cc1ccc(C(=O)N(Cc2ccccc2)c2ccccc2)cc1. The second kappa shape index (κ2) is 6.93. The molecular formula is C21H19NO. The predicted molar refractivity (Wildman–Crippen MR) is 94.6 cm³/mol. The van der Waals surface area contributed by atoms with Crippen LogP contribution in [0.25, 0.3) is 0 Å². The molecule has 0 saturated carbocycles. The minimum Gasteiger partial charge on any atom is -0.304 e. The first-order valence-electron chi connectivity index (χ1n) is 7.71. The summed E-state index contributed by atoms with van der Waals surface area (Å²) in [5.41, 5.74) is 3.87. The Morgan fingerprint density at radius 2 is 1.35 bits per heavy atom. The number of amides is 1. The van der Waals surface area contributed by atoms with Gasteiger partial charge in [0, 0.05) is 11.3 Å². The van der Waals surface area contributed by atoms with Crippen LogP contribution >= 0.6 is 0 Å². The van der Waals surface area contributed by atoms with Gasteiger partial charge in [0.15, 0.2) is 0 Å². The van der Waals surface area contributed by atoms with Crippen molar-refractivity contribution < 1.29 is 4.79 Å². The second-order valence-electron chi connectivity index (χ2n) is 5.58. The number of nitrogens with zero attached hydrogens (tertiary/aromatic N) is 1. The summed E-state index contributed by atoms with van der Waals surface area (Å²) in [6.07, 6.45) is 0. The molecule has 0 saturated heterocycles. The summed E-state index contributed by atoms with van der Waals surface area (Å²) in [6, 6.07) is 27.6. The molecule has 0 unspecified atom stereocenters. The Morgan fingerprint density at radius 3 is 1.96 bits per heavy atom. The zero-order valence-electron chi connectivity index (χ0n) is 13.1. The first kappa shape index (κ1) is 15.0. The fourth-order valence-corrected chi connectivity index (χ4v) is 2.51. The first-order valence-corrected chi connectivity index (χ1v) is 7.71. The van der Waals surface area contributed by atoms with Gasteiger partial charge in [0.25, 0.3) is 5.91 Å². The van der Waals surface area contributed by atoms with Crippen LogP contribution in [0.1, 0.15) is 21.5 Å². The number of hydrogen-bond acceptors (Lipinski definition) is 1. The average molecular weight is 301 g/mol. The van der Waals surface area contributed by atoms with Gasteiger partial charge in [-0.15, -0.1) is 0 Å². The highest BCUT2D eigenvalue weighted by Crippen LogP contribution is 2.20. The Labute approximate surface area is 137 Å². The molecule has 0 radical (unpaired) electrons. The summed E-state index contributed by atoms with van der Waals surface area (Å²) in [5, 5.41) is 0. The third-order valence-corrected chi connectivity index (χ3v) is 3.80. The fourth-order valence-electron chi connectivity index (χ4n) is 2.51. The van der Waals surface area contributed by atoms with Gasteiger partial charge in [0.1, 0.15) is 0 Å². The molecule has 3 rings (SSSR count). The van der Waals surface area contributed by atoms with Crippen molar-refractivity contribution in [3.05, 3.63) is 102 Å². The third-order valence-electron chi connectivity index (χ3n) is 3.80. The maximum Gasteiger partial charge on any atom is 0.258 e. The minimum absolute atomic E-state index is 0.0139. The molecule has 2 nitrogen and oxygen atoms in total. The maximum absolute atomic E-state index is 13.0. The lowest BCUT2D eigenvalue weighted by Crippen LogP contribution is -2.30. The largest absolute Gasteiger partial charge is 0.304 e. The van der Waals surface area contributed by atoms with Gasteiger partial charge in [0.2, 0.25) is 0 Å². The highest BCUT2D eigenvalue weighted by atomic mass is 16.2. The van der Waals surface area contributed by atoms with Gasteiger partial charge < -0.3 is 4.90 Å². The van der Waals surface area contributed by atoms with Crippen molar-refractivity contribution in [3.63, 3.8) is 0 Å². The van der Waals surface area contributed by atoms with Gasteiger partial charge in [-0.2, -0.15) is 0 Å². The number of rotatable bonds is 4. The van der Waals surface area contributed by atoms with E-state index >= 15 is 0 Å². The van der Waals surface area contributed by atoms with E-state index in [-0.39, 0.29) is 5.91 Å². The van der Waals surface area contributed by atoms with E-state index in [0.717, 1.165) is 16.8 Å². The van der Waals surface area contributed by atoms with Crippen LogP contribution in [0.15, 0.2) is 84.9 Å². The molecule has 23 heavy (non-hydrogen) atoms. The van der Waals surface area contributed by atoms with E-state index in [9.17, 15) is 4.79 Å². The van der Waals surface area contributed by atoms with Crippen LogP contribution < -0.4 is 4.90 Å². The number of carbonyl (C=O) groups excluding carboxylic acids is 1. The quantitative estimate of drug-likeness (QED) is 0.675. The van der Waals surface area contributed by atoms with Gasteiger partial charge in [-0.3, -0.25) is 4.79 Å². The monoisotopic (exact) mass is 301 g/mol. The van der Waals surface area contributed by atoms with Crippen LogP contribution in [0.3, 0.4) is 0 Å². The molecule has 0 spiro atoms. The zero-order chi connectivity index (χ0) is 16.1. The number of hydrogen-bond donors (Lipinski definition) is 0. The first-order chi connectivity index (χ1) is 11.2. The fraction of sp³-hybridized carbons (Fsp3) is 0.0952. The van der Waals surface area contributed by atoms with Gasteiger partial charge in [0.05, 0.1) is 6.54 Å². The van der Waals surface area contributed by atoms with Crippen LogP contribution in [0.5, 0.6) is 0 Å². The van der Waals surface area contributed by atoms with E-state index in [1.165, 1.54) is 0 Å².